The fraction of sp³-hybridized carbons (Fsp3) is 0.533. The molecular weight excluding hydrogens is 286 g/mol. The van der Waals surface area contributed by atoms with Gasteiger partial charge in [0, 0.05) is 11.7 Å². The molecule has 0 saturated heterocycles. The van der Waals surface area contributed by atoms with E-state index < -0.39 is 10.0 Å². The summed E-state index contributed by atoms with van der Waals surface area (Å²) in [5.74, 6) is 0.644. The second-order valence-electron chi connectivity index (χ2n) is 5.80. The molecule has 5 nitrogen and oxygen atoms in total. The highest BCUT2D eigenvalue weighted by Crippen LogP contribution is 2.25. The van der Waals surface area contributed by atoms with E-state index in [4.69, 9.17) is 11.0 Å². The minimum absolute atomic E-state index is 0.0106. The van der Waals surface area contributed by atoms with Gasteiger partial charge in [-0.25, -0.2) is 13.1 Å². The van der Waals surface area contributed by atoms with E-state index in [2.05, 4.69) is 11.6 Å². The Morgan fingerprint density at radius 2 is 2.05 bits per heavy atom. The van der Waals surface area contributed by atoms with Gasteiger partial charge in [-0.3, -0.25) is 0 Å². The lowest BCUT2D eigenvalue weighted by molar-refractivity contribution is 0.484. The number of hydrogen-bond acceptors (Lipinski definition) is 4. The van der Waals surface area contributed by atoms with Crippen LogP contribution < -0.4 is 10.5 Å². The highest BCUT2D eigenvalue weighted by atomic mass is 32.2. The van der Waals surface area contributed by atoms with E-state index in [0.717, 1.165) is 32.1 Å². The second-order valence-corrected chi connectivity index (χ2v) is 7.48. The number of nitrogen functional groups attached to an aromatic ring is 1. The van der Waals surface area contributed by atoms with Crippen LogP contribution in [0.2, 0.25) is 0 Å². The van der Waals surface area contributed by atoms with Crippen molar-refractivity contribution in [3.8, 4) is 6.07 Å². The lowest BCUT2D eigenvalue weighted by atomic mass is 10.0. The number of nitrogens with one attached hydrogen (secondary N) is 1. The summed E-state index contributed by atoms with van der Waals surface area (Å²) >= 11 is 0. The zero-order chi connectivity index (χ0) is 15.5. The predicted molar refractivity (Wildman–Crippen MR) is 81.9 cm³/mol. The van der Waals surface area contributed by atoms with E-state index in [1.165, 1.54) is 18.2 Å². The molecular formula is C15H21N3O2S. The van der Waals surface area contributed by atoms with Crippen LogP contribution in [0, 0.1) is 17.2 Å². The first-order valence-corrected chi connectivity index (χ1v) is 8.72. The van der Waals surface area contributed by atoms with Crippen LogP contribution in [-0.4, -0.2) is 14.5 Å². The number of sulfonamides is 1. The molecule has 0 radical (unpaired) electrons. The van der Waals surface area contributed by atoms with Crippen molar-refractivity contribution in [3.63, 3.8) is 0 Å². The molecule has 0 spiro atoms. The maximum Gasteiger partial charge on any atom is 0.242 e. The SMILES string of the molecule is CC1CCCC(NS(=O)(=O)c2ccc(N)cc2C#N)CC1. The Labute approximate surface area is 126 Å². The van der Waals surface area contributed by atoms with Crippen LogP contribution in [-0.2, 0) is 10.0 Å². The van der Waals surface area contributed by atoms with Crippen molar-refractivity contribution in [1.29, 1.82) is 5.26 Å². The minimum Gasteiger partial charge on any atom is -0.399 e. The van der Waals surface area contributed by atoms with Gasteiger partial charge in [0.25, 0.3) is 0 Å². The molecule has 0 aromatic heterocycles. The topological polar surface area (TPSA) is 96.0 Å². The summed E-state index contributed by atoms with van der Waals surface area (Å²) in [6.07, 6.45) is 4.89. The van der Waals surface area contributed by atoms with Crippen LogP contribution in [0.1, 0.15) is 44.6 Å². The Balaban J connectivity index is 2.21. The molecule has 0 bridgehead atoms. The van der Waals surface area contributed by atoms with Crippen LogP contribution in [0.5, 0.6) is 0 Å². The monoisotopic (exact) mass is 307 g/mol. The standard InChI is InChI=1S/C15H21N3O2S/c1-11-3-2-4-14(7-5-11)18-21(19,20)15-8-6-13(17)9-12(15)10-16/h6,8-9,11,14,18H,2-5,7,17H2,1H3. The normalized spacial score (nSPS) is 23.2. The number of hydrogen-bond donors (Lipinski definition) is 2. The highest BCUT2D eigenvalue weighted by Gasteiger charge is 2.24. The van der Waals surface area contributed by atoms with Crippen LogP contribution in [0.4, 0.5) is 5.69 Å². The van der Waals surface area contributed by atoms with Gasteiger partial charge in [0.15, 0.2) is 0 Å². The van der Waals surface area contributed by atoms with E-state index in [-0.39, 0.29) is 16.5 Å². The molecule has 2 unspecified atom stereocenters. The second kappa shape index (κ2) is 6.46. The summed E-state index contributed by atoms with van der Waals surface area (Å²) in [4.78, 5) is 0.0106. The first-order chi connectivity index (χ1) is 9.92. The van der Waals surface area contributed by atoms with Gasteiger partial charge >= 0.3 is 0 Å². The Morgan fingerprint density at radius 3 is 2.76 bits per heavy atom. The van der Waals surface area contributed by atoms with Crippen LogP contribution >= 0.6 is 0 Å². The minimum atomic E-state index is -3.68. The number of benzene rings is 1. The molecule has 2 rings (SSSR count). The third kappa shape index (κ3) is 3.96. The van der Waals surface area contributed by atoms with Crippen molar-refractivity contribution in [1.82, 2.24) is 4.72 Å². The largest absolute Gasteiger partial charge is 0.399 e. The molecule has 6 heteroatoms. The molecule has 1 saturated carbocycles. The van der Waals surface area contributed by atoms with Crippen LogP contribution in [0.25, 0.3) is 0 Å². The molecule has 1 aromatic rings. The highest BCUT2D eigenvalue weighted by molar-refractivity contribution is 7.89. The summed E-state index contributed by atoms with van der Waals surface area (Å²) in [5.41, 5.74) is 6.07. The lowest BCUT2D eigenvalue weighted by Crippen LogP contribution is -2.34. The van der Waals surface area contributed by atoms with Gasteiger partial charge in [-0.1, -0.05) is 19.8 Å². The summed E-state index contributed by atoms with van der Waals surface area (Å²) < 4.78 is 27.7. The quantitative estimate of drug-likeness (QED) is 0.662. The van der Waals surface area contributed by atoms with Crippen LogP contribution in [0.15, 0.2) is 23.1 Å². The Kier molecular flexibility index (Phi) is 4.86. The number of rotatable bonds is 3. The first kappa shape index (κ1) is 15.8. The molecule has 1 aliphatic rings. The summed E-state index contributed by atoms with van der Waals surface area (Å²) in [6.45, 7) is 2.20. The molecule has 3 N–H and O–H groups in total. The van der Waals surface area contributed by atoms with Gasteiger partial charge in [0.1, 0.15) is 6.07 Å². The van der Waals surface area contributed by atoms with Gasteiger partial charge in [-0.15, -0.1) is 0 Å². The summed E-state index contributed by atoms with van der Waals surface area (Å²) in [7, 11) is -3.68. The molecule has 21 heavy (non-hydrogen) atoms. The molecule has 1 fully saturated rings. The maximum absolute atomic E-state index is 12.5. The molecule has 2 atom stereocenters. The zero-order valence-electron chi connectivity index (χ0n) is 12.2. The smallest absolute Gasteiger partial charge is 0.242 e. The van der Waals surface area contributed by atoms with Gasteiger partial charge in [-0.2, -0.15) is 5.26 Å². The average molecular weight is 307 g/mol. The summed E-state index contributed by atoms with van der Waals surface area (Å²) in [5, 5.41) is 9.09. The summed E-state index contributed by atoms with van der Waals surface area (Å²) in [6, 6.07) is 6.14. The molecule has 0 aliphatic heterocycles. The number of nitrogens with zero attached hydrogens (tertiary/aromatic N) is 1. The molecule has 0 heterocycles. The number of anilines is 1. The van der Waals surface area contributed by atoms with Crippen molar-refractivity contribution in [2.75, 3.05) is 5.73 Å². The Hall–Kier alpha value is -1.58. The molecule has 0 amide bonds. The molecule has 1 aromatic carbocycles. The predicted octanol–water partition coefficient (Wildman–Crippen LogP) is 2.39. The van der Waals surface area contributed by atoms with E-state index in [1.54, 1.807) is 0 Å². The van der Waals surface area contributed by atoms with Crippen molar-refractivity contribution < 1.29 is 8.42 Å². The van der Waals surface area contributed by atoms with Crippen molar-refractivity contribution >= 4 is 15.7 Å². The van der Waals surface area contributed by atoms with E-state index in [0.29, 0.717) is 11.6 Å². The van der Waals surface area contributed by atoms with E-state index >= 15 is 0 Å². The Bertz CT molecular complexity index is 649. The number of nitrogens with two attached hydrogens (primary N) is 1. The fourth-order valence-electron chi connectivity index (χ4n) is 2.76. The van der Waals surface area contributed by atoms with Gasteiger partial charge in [0.2, 0.25) is 10.0 Å². The van der Waals surface area contributed by atoms with Gasteiger partial charge < -0.3 is 5.73 Å². The van der Waals surface area contributed by atoms with E-state index in [9.17, 15) is 8.42 Å². The number of nitriles is 1. The maximum atomic E-state index is 12.5. The average Bonchev–Trinajstić information content (AvgIpc) is 2.62. The third-order valence-corrected chi connectivity index (χ3v) is 5.57. The fourth-order valence-corrected chi connectivity index (χ4v) is 4.20. The molecule has 114 valence electrons. The van der Waals surface area contributed by atoms with Gasteiger partial charge in [0.05, 0.1) is 10.5 Å². The zero-order valence-corrected chi connectivity index (χ0v) is 13.0. The molecule has 1 aliphatic carbocycles. The Morgan fingerprint density at radius 1 is 1.29 bits per heavy atom. The van der Waals surface area contributed by atoms with E-state index in [1.807, 2.05) is 6.07 Å². The van der Waals surface area contributed by atoms with Crippen molar-refractivity contribution in [2.45, 2.75) is 50.0 Å². The lowest BCUT2D eigenvalue weighted by Gasteiger charge is -2.17. The van der Waals surface area contributed by atoms with Crippen molar-refractivity contribution in [3.05, 3.63) is 23.8 Å². The third-order valence-electron chi connectivity index (χ3n) is 3.99. The van der Waals surface area contributed by atoms with Crippen molar-refractivity contribution in [2.24, 2.45) is 5.92 Å². The first-order valence-electron chi connectivity index (χ1n) is 7.24. The van der Waals surface area contributed by atoms with Crippen LogP contribution in [0.3, 0.4) is 0 Å². The van der Waals surface area contributed by atoms with Gasteiger partial charge in [-0.05, 0) is 43.4 Å².